The highest BCUT2D eigenvalue weighted by atomic mass is 28.3. The van der Waals surface area contributed by atoms with Gasteiger partial charge < -0.3 is 9.74 Å². The lowest BCUT2D eigenvalue weighted by Gasteiger charge is -2.44. The van der Waals surface area contributed by atoms with Gasteiger partial charge in [-0.05, 0) is 38.4 Å². The second-order valence-corrected chi connectivity index (χ2v) is 10.1. The summed E-state index contributed by atoms with van der Waals surface area (Å²) in [5.41, 5.74) is 0.106. The molecule has 0 aliphatic carbocycles. The van der Waals surface area contributed by atoms with E-state index in [-0.39, 0.29) is 17.1 Å². The van der Waals surface area contributed by atoms with E-state index in [9.17, 15) is 8.78 Å². The molecule has 1 aromatic rings. The first-order valence-corrected chi connectivity index (χ1v) is 10.6. The normalized spacial score (nSPS) is 14.5. The molecule has 0 aromatic heterocycles. The molecule has 0 bridgehead atoms. The smallest absolute Gasteiger partial charge is 0.171 e. The van der Waals surface area contributed by atoms with Crippen LogP contribution in [0.15, 0.2) is 18.2 Å². The van der Waals surface area contributed by atoms with Crippen LogP contribution < -0.4 is 5.32 Å². The maximum Gasteiger partial charge on any atom is 0.171 e. The van der Waals surface area contributed by atoms with E-state index in [1.165, 1.54) is 12.1 Å². The molecule has 0 amide bonds. The topological polar surface area (TPSA) is 21.3 Å². The van der Waals surface area contributed by atoms with Crippen molar-refractivity contribution in [2.24, 2.45) is 5.41 Å². The van der Waals surface area contributed by atoms with Gasteiger partial charge in [0.1, 0.15) is 11.6 Å². The maximum absolute atomic E-state index is 13.8. The van der Waals surface area contributed by atoms with Crippen molar-refractivity contribution in [3.63, 3.8) is 0 Å². The predicted molar refractivity (Wildman–Crippen MR) is 90.5 cm³/mol. The van der Waals surface area contributed by atoms with Crippen LogP contribution in [0.25, 0.3) is 0 Å². The second kappa shape index (κ2) is 7.19. The third-order valence-electron chi connectivity index (χ3n) is 3.60. The lowest BCUT2D eigenvalue weighted by Crippen LogP contribution is -2.56. The van der Waals surface area contributed by atoms with Gasteiger partial charge in [-0.2, -0.15) is 0 Å². The summed E-state index contributed by atoms with van der Waals surface area (Å²) < 4.78 is 33.0. The SMILES string of the molecule is C[SiH](C)OC(C(C)(C)C)C(C)(C)NCc1ccc(F)cc1F. The molecule has 126 valence electrons. The fourth-order valence-electron chi connectivity index (χ4n) is 2.81. The second-order valence-electron chi connectivity index (χ2n) is 7.74. The van der Waals surface area contributed by atoms with E-state index in [0.29, 0.717) is 12.1 Å². The minimum Gasteiger partial charge on any atom is -0.415 e. The van der Waals surface area contributed by atoms with E-state index in [4.69, 9.17) is 4.43 Å². The Morgan fingerprint density at radius 1 is 1.14 bits per heavy atom. The van der Waals surface area contributed by atoms with Crippen molar-refractivity contribution in [3.05, 3.63) is 35.4 Å². The summed E-state index contributed by atoms with van der Waals surface area (Å²) in [6.07, 6.45) is 0.00942. The molecule has 0 heterocycles. The lowest BCUT2D eigenvalue weighted by atomic mass is 9.78. The van der Waals surface area contributed by atoms with Crippen molar-refractivity contribution in [2.45, 2.75) is 65.9 Å². The average Bonchev–Trinajstić information content (AvgIpc) is 2.33. The number of nitrogens with one attached hydrogen (secondary N) is 1. The van der Waals surface area contributed by atoms with E-state index in [1.807, 2.05) is 0 Å². The van der Waals surface area contributed by atoms with Crippen LogP contribution in [0, 0.1) is 17.0 Å². The van der Waals surface area contributed by atoms with Crippen molar-refractivity contribution in [1.29, 1.82) is 0 Å². The maximum atomic E-state index is 13.8. The van der Waals surface area contributed by atoms with E-state index < -0.39 is 20.7 Å². The standard InChI is InChI=1S/C17H29F2NOSi/c1-16(2,3)15(21-22(6)7)17(4,5)20-11-12-8-9-13(18)10-14(12)19/h8-10,15,20,22H,11H2,1-7H3. The molecular weight excluding hydrogens is 300 g/mol. The van der Waals surface area contributed by atoms with Crippen molar-refractivity contribution in [1.82, 2.24) is 5.32 Å². The Morgan fingerprint density at radius 3 is 2.18 bits per heavy atom. The van der Waals surface area contributed by atoms with E-state index >= 15 is 0 Å². The quantitative estimate of drug-likeness (QED) is 0.788. The lowest BCUT2D eigenvalue weighted by molar-refractivity contribution is 0.0125. The van der Waals surface area contributed by atoms with Crippen LogP contribution in [0.4, 0.5) is 8.78 Å². The molecular formula is C17H29F2NOSi. The first-order valence-electron chi connectivity index (χ1n) is 7.78. The molecule has 1 N–H and O–H groups in total. The van der Waals surface area contributed by atoms with E-state index in [0.717, 1.165) is 6.07 Å². The third kappa shape index (κ3) is 5.45. The van der Waals surface area contributed by atoms with Crippen LogP contribution in [0.1, 0.15) is 40.2 Å². The zero-order valence-electron chi connectivity index (χ0n) is 14.8. The molecule has 5 heteroatoms. The molecule has 1 unspecified atom stereocenters. The summed E-state index contributed by atoms with van der Waals surface area (Å²) in [4.78, 5) is 0. The van der Waals surface area contributed by atoms with E-state index in [1.54, 1.807) is 0 Å². The molecule has 1 atom stereocenters. The van der Waals surface area contributed by atoms with Gasteiger partial charge in [-0.1, -0.05) is 26.8 Å². The molecule has 1 aromatic carbocycles. The molecule has 2 nitrogen and oxygen atoms in total. The van der Waals surface area contributed by atoms with Crippen LogP contribution in [0.2, 0.25) is 13.1 Å². The summed E-state index contributed by atoms with van der Waals surface area (Å²) in [7, 11) is -1.21. The highest BCUT2D eigenvalue weighted by molar-refractivity contribution is 6.48. The summed E-state index contributed by atoms with van der Waals surface area (Å²) >= 11 is 0. The van der Waals surface area contributed by atoms with Crippen LogP contribution in [-0.2, 0) is 11.0 Å². The van der Waals surface area contributed by atoms with E-state index in [2.05, 4.69) is 53.0 Å². The molecule has 0 aliphatic heterocycles. The minimum absolute atomic E-state index is 0.00942. The summed E-state index contributed by atoms with van der Waals surface area (Å²) in [6, 6.07) is 3.69. The van der Waals surface area contributed by atoms with Crippen LogP contribution in [-0.4, -0.2) is 20.7 Å². The molecule has 0 spiro atoms. The molecule has 1 rings (SSSR count). The molecule has 0 saturated carbocycles. The first-order chi connectivity index (χ1) is 9.93. The van der Waals surface area contributed by atoms with Gasteiger partial charge in [0.2, 0.25) is 0 Å². The van der Waals surface area contributed by atoms with Gasteiger partial charge >= 0.3 is 0 Å². The fraction of sp³-hybridized carbons (Fsp3) is 0.647. The summed E-state index contributed by atoms with van der Waals surface area (Å²) in [6.45, 7) is 15.2. The Labute approximate surface area is 135 Å². The van der Waals surface area contributed by atoms with Gasteiger partial charge in [-0.3, -0.25) is 0 Å². The van der Waals surface area contributed by atoms with Crippen LogP contribution >= 0.6 is 0 Å². The minimum atomic E-state index is -1.21. The first kappa shape index (κ1) is 19.3. The molecule has 0 saturated heterocycles. The summed E-state index contributed by atoms with van der Waals surface area (Å²) in [5, 5.41) is 3.38. The number of hydrogen-bond acceptors (Lipinski definition) is 2. The van der Waals surface area contributed by atoms with Crippen molar-refractivity contribution < 1.29 is 13.2 Å². The zero-order valence-corrected chi connectivity index (χ0v) is 15.9. The Kier molecular flexibility index (Phi) is 6.30. The Morgan fingerprint density at radius 2 is 1.73 bits per heavy atom. The van der Waals surface area contributed by atoms with Crippen LogP contribution in [0.3, 0.4) is 0 Å². The number of hydrogen-bond donors (Lipinski definition) is 1. The van der Waals surface area contributed by atoms with Gasteiger partial charge in [-0.25, -0.2) is 8.78 Å². The zero-order chi connectivity index (χ0) is 17.1. The predicted octanol–water partition coefficient (Wildman–Crippen LogP) is 4.25. The molecule has 0 fully saturated rings. The highest BCUT2D eigenvalue weighted by Gasteiger charge is 2.39. The van der Waals surface area contributed by atoms with Crippen LogP contribution in [0.5, 0.6) is 0 Å². The highest BCUT2D eigenvalue weighted by Crippen LogP contribution is 2.31. The molecule has 0 radical (unpaired) electrons. The van der Waals surface area contributed by atoms with Crippen molar-refractivity contribution in [2.75, 3.05) is 0 Å². The van der Waals surface area contributed by atoms with Gasteiger partial charge in [0.05, 0.1) is 6.10 Å². The Bertz CT molecular complexity index is 498. The van der Waals surface area contributed by atoms with Crippen molar-refractivity contribution in [3.8, 4) is 0 Å². The number of benzene rings is 1. The van der Waals surface area contributed by atoms with Gasteiger partial charge in [0.25, 0.3) is 0 Å². The largest absolute Gasteiger partial charge is 0.415 e. The van der Waals surface area contributed by atoms with Gasteiger partial charge in [-0.15, -0.1) is 0 Å². The number of halogens is 2. The third-order valence-corrected chi connectivity index (χ3v) is 4.42. The van der Waals surface area contributed by atoms with Gasteiger partial charge in [0, 0.05) is 23.7 Å². The Balaban J connectivity index is 2.87. The molecule has 22 heavy (non-hydrogen) atoms. The number of rotatable bonds is 6. The summed E-state index contributed by atoms with van der Waals surface area (Å²) in [5.74, 6) is -1.07. The molecule has 0 aliphatic rings. The Hall–Kier alpha value is -0.783. The van der Waals surface area contributed by atoms with Gasteiger partial charge in [0.15, 0.2) is 9.04 Å². The fourth-order valence-corrected chi connectivity index (χ4v) is 4.10. The monoisotopic (exact) mass is 329 g/mol. The van der Waals surface area contributed by atoms with Crippen molar-refractivity contribution >= 4 is 9.04 Å². The average molecular weight is 330 g/mol.